The molecule has 0 aliphatic heterocycles. The molecule has 3 N–H and O–H groups in total. The van der Waals surface area contributed by atoms with E-state index in [-0.39, 0.29) is 17.0 Å². The van der Waals surface area contributed by atoms with E-state index in [1.54, 1.807) is 14.0 Å². The number of H-pyrrole nitrogens is 2. The zero-order valence-corrected chi connectivity index (χ0v) is 18.4. The molecule has 2 heterocycles. The minimum atomic E-state index is -0.942. The number of hydrogen-bond acceptors (Lipinski definition) is 5. The summed E-state index contributed by atoms with van der Waals surface area (Å²) in [6.45, 7) is 3.86. The van der Waals surface area contributed by atoms with Gasteiger partial charge in [0.25, 0.3) is 5.56 Å². The van der Waals surface area contributed by atoms with Gasteiger partial charge in [-0.2, -0.15) is 0 Å². The van der Waals surface area contributed by atoms with Gasteiger partial charge in [-0.3, -0.25) is 14.8 Å². The van der Waals surface area contributed by atoms with Crippen LogP contribution in [0, 0.1) is 12.7 Å². The van der Waals surface area contributed by atoms with Gasteiger partial charge in [-0.1, -0.05) is 12.1 Å². The molecule has 9 heteroatoms. The molecule has 0 amide bonds. The van der Waals surface area contributed by atoms with E-state index in [0.717, 1.165) is 38.5 Å². The van der Waals surface area contributed by atoms with E-state index in [0.29, 0.717) is 13.0 Å². The maximum absolute atomic E-state index is 14.2. The first-order valence-electron chi connectivity index (χ1n) is 10.3. The topological polar surface area (TPSA) is 112 Å². The van der Waals surface area contributed by atoms with Gasteiger partial charge in [0.1, 0.15) is 17.1 Å². The van der Waals surface area contributed by atoms with Crippen LogP contribution < -0.4 is 16.0 Å². The molecule has 0 unspecified atom stereocenters. The third-order valence-corrected chi connectivity index (χ3v) is 5.58. The Morgan fingerprint density at radius 3 is 2.67 bits per heavy atom. The van der Waals surface area contributed by atoms with Crippen molar-refractivity contribution in [2.24, 2.45) is 4.99 Å². The van der Waals surface area contributed by atoms with E-state index in [1.165, 1.54) is 18.2 Å². The van der Waals surface area contributed by atoms with E-state index in [2.05, 4.69) is 15.0 Å². The number of aliphatic imine (C=N–C) groups is 1. The van der Waals surface area contributed by atoms with Gasteiger partial charge in [0.05, 0.1) is 12.8 Å². The van der Waals surface area contributed by atoms with Crippen molar-refractivity contribution in [3.05, 3.63) is 85.9 Å². The molecule has 0 radical (unpaired) electrons. The predicted molar refractivity (Wildman–Crippen MR) is 125 cm³/mol. The first-order valence-corrected chi connectivity index (χ1v) is 10.3. The Kier molecular flexibility index (Phi) is 5.87. The average molecular weight is 450 g/mol. The highest BCUT2D eigenvalue weighted by atomic mass is 19.1. The summed E-state index contributed by atoms with van der Waals surface area (Å²) >= 11 is 0. The van der Waals surface area contributed by atoms with Crippen LogP contribution in [0.3, 0.4) is 0 Å². The maximum atomic E-state index is 14.2. The van der Waals surface area contributed by atoms with Crippen molar-refractivity contribution >= 4 is 16.6 Å². The summed E-state index contributed by atoms with van der Waals surface area (Å²) in [5, 5.41) is 11.7. The fourth-order valence-corrected chi connectivity index (χ4v) is 3.93. The minimum Gasteiger partial charge on any atom is -0.497 e. The number of aromatic nitrogens is 3. The molecule has 0 fully saturated rings. The van der Waals surface area contributed by atoms with E-state index in [9.17, 15) is 19.1 Å². The van der Waals surface area contributed by atoms with Crippen molar-refractivity contribution in [2.45, 2.75) is 20.3 Å². The molecule has 33 heavy (non-hydrogen) atoms. The second-order valence-electron chi connectivity index (χ2n) is 7.60. The molecule has 8 nitrogen and oxygen atoms in total. The number of nitrogens with zero attached hydrogens (tertiary/aromatic N) is 2. The number of nitrogens with one attached hydrogen (secondary N) is 2. The summed E-state index contributed by atoms with van der Waals surface area (Å²) in [5.74, 6) is -0.634. The molecule has 2 aromatic carbocycles. The normalized spacial score (nSPS) is 11.8. The van der Waals surface area contributed by atoms with Crippen molar-refractivity contribution in [1.82, 2.24) is 14.5 Å². The number of para-hydroxylation sites is 1. The number of methoxy groups -OCH3 is 1. The Labute approximate surface area is 188 Å². The lowest BCUT2D eigenvalue weighted by atomic mass is 10.1. The number of halogens is 1. The first-order chi connectivity index (χ1) is 15.8. The fraction of sp³-hybridized carbons (Fsp3) is 0.208. The molecular weight excluding hydrogens is 427 g/mol. The minimum absolute atomic E-state index is 0.173. The van der Waals surface area contributed by atoms with E-state index >= 15 is 0 Å². The van der Waals surface area contributed by atoms with Crippen LogP contribution in [0.25, 0.3) is 16.6 Å². The first kappa shape index (κ1) is 22.1. The second-order valence-corrected chi connectivity index (χ2v) is 7.60. The fourth-order valence-electron chi connectivity index (χ4n) is 3.93. The molecule has 0 saturated carbocycles. The van der Waals surface area contributed by atoms with Crippen LogP contribution in [-0.2, 0) is 6.42 Å². The molecule has 0 bridgehead atoms. The zero-order valence-electron chi connectivity index (χ0n) is 18.4. The molecule has 0 saturated heterocycles. The number of hydrogen-bond donors (Lipinski definition) is 3. The predicted octanol–water partition coefficient (Wildman–Crippen LogP) is 3.22. The zero-order chi connectivity index (χ0) is 23.7. The van der Waals surface area contributed by atoms with Gasteiger partial charge in [-0.05, 0) is 56.2 Å². The van der Waals surface area contributed by atoms with Gasteiger partial charge in [0.15, 0.2) is 0 Å². The van der Waals surface area contributed by atoms with Crippen LogP contribution in [0.1, 0.15) is 23.7 Å². The van der Waals surface area contributed by atoms with Gasteiger partial charge < -0.3 is 14.8 Å². The summed E-state index contributed by atoms with van der Waals surface area (Å²) < 4.78 is 20.3. The molecule has 4 rings (SSSR count). The van der Waals surface area contributed by atoms with Gasteiger partial charge in [0.2, 0.25) is 5.88 Å². The van der Waals surface area contributed by atoms with Crippen LogP contribution in [0.2, 0.25) is 0 Å². The van der Waals surface area contributed by atoms with Crippen molar-refractivity contribution in [1.29, 1.82) is 0 Å². The number of fused-ring (bicyclic) bond motifs is 1. The lowest BCUT2D eigenvalue weighted by Gasteiger charge is -2.12. The van der Waals surface area contributed by atoms with Crippen molar-refractivity contribution in [3.63, 3.8) is 0 Å². The van der Waals surface area contributed by atoms with Gasteiger partial charge in [0, 0.05) is 28.9 Å². The quantitative estimate of drug-likeness (QED) is 0.392. The van der Waals surface area contributed by atoms with Crippen LogP contribution >= 0.6 is 0 Å². The van der Waals surface area contributed by atoms with Gasteiger partial charge in [-0.25, -0.2) is 13.8 Å². The lowest BCUT2D eigenvalue weighted by Crippen LogP contribution is -2.33. The van der Waals surface area contributed by atoms with E-state index in [4.69, 9.17) is 4.74 Å². The number of aromatic amines is 2. The molecule has 0 aliphatic carbocycles. The average Bonchev–Trinajstić information content (AvgIpc) is 3.09. The largest absolute Gasteiger partial charge is 0.497 e. The molecule has 0 spiro atoms. The molecule has 170 valence electrons. The molecular formula is C24H23FN4O4. The SMILES string of the molecule is COc1ccc2[nH]c(C)c(CCN=C(C)c3c(O)n(-c4ccccc4F)c(=O)[nH]c3=O)c2c1. The summed E-state index contributed by atoms with van der Waals surface area (Å²) in [5.41, 5.74) is 1.18. The summed E-state index contributed by atoms with van der Waals surface area (Å²) in [6, 6.07) is 11.2. The Morgan fingerprint density at radius 1 is 1.18 bits per heavy atom. The van der Waals surface area contributed by atoms with Crippen molar-refractivity contribution < 1.29 is 14.2 Å². The molecule has 4 aromatic rings. The van der Waals surface area contributed by atoms with Crippen LogP contribution in [0.5, 0.6) is 11.6 Å². The van der Waals surface area contributed by atoms with Gasteiger partial charge in [-0.15, -0.1) is 0 Å². The Hall–Kier alpha value is -4.14. The Bertz CT molecular complexity index is 1500. The monoisotopic (exact) mass is 450 g/mol. The standard InChI is InChI=1S/C24H23FN4O4/c1-13-16(17-12-15(33-3)8-9-19(17)27-13)10-11-26-14(2)21-22(30)28-24(32)29(23(21)31)20-7-5-4-6-18(20)25/h4-9,12,27,31H,10-11H2,1-3H3,(H,28,30,32). The van der Waals surface area contributed by atoms with E-state index < -0.39 is 22.9 Å². The van der Waals surface area contributed by atoms with Crippen LogP contribution in [0.4, 0.5) is 4.39 Å². The number of benzene rings is 2. The Morgan fingerprint density at radius 2 is 1.94 bits per heavy atom. The molecule has 2 aromatic heterocycles. The molecule has 0 atom stereocenters. The van der Waals surface area contributed by atoms with E-state index in [1.807, 2.05) is 25.1 Å². The summed E-state index contributed by atoms with van der Waals surface area (Å²) in [7, 11) is 1.61. The van der Waals surface area contributed by atoms with Crippen LogP contribution in [0.15, 0.2) is 57.0 Å². The lowest BCUT2D eigenvalue weighted by molar-refractivity contribution is 0.415. The highest BCUT2D eigenvalue weighted by Crippen LogP contribution is 2.27. The van der Waals surface area contributed by atoms with Crippen molar-refractivity contribution in [2.75, 3.05) is 13.7 Å². The maximum Gasteiger partial charge on any atom is 0.335 e. The third-order valence-electron chi connectivity index (χ3n) is 5.58. The number of aryl methyl sites for hydroxylation is 1. The number of rotatable bonds is 6. The summed E-state index contributed by atoms with van der Waals surface area (Å²) in [6.07, 6.45) is 0.571. The Balaban J connectivity index is 1.68. The second kappa shape index (κ2) is 8.78. The number of aromatic hydroxyl groups is 1. The smallest absolute Gasteiger partial charge is 0.335 e. The van der Waals surface area contributed by atoms with Crippen LogP contribution in [-0.4, -0.2) is 39.0 Å². The van der Waals surface area contributed by atoms with Crippen molar-refractivity contribution in [3.8, 4) is 17.3 Å². The summed E-state index contributed by atoms with van der Waals surface area (Å²) in [4.78, 5) is 34.7. The highest BCUT2D eigenvalue weighted by molar-refractivity contribution is 6.00. The molecule has 0 aliphatic rings. The highest BCUT2D eigenvalue weighted by Gasteiger charge is 2.19. The third kappa shape index (κ3) is 4.05. The van der Waals surface area contributed by atoms with Gasteiger partial charge >= 0.3 is 5.69 Å². The number of ether oxygens (including phenoxy) is 1.